The van der Waals surface area contributed by atoms with Crippen LogP contribution in [0.5, 0.6) is 0 Å². The molecular formula is C20H27N. The second kappa shape index (κ2) is 7.99. The maximum Gasteiger partial charge on any atom is 0.00419 e. The molecule has 0 bridgehead atoms. The predicted molar refractivity (Wildman–Crippen MR) is 92.2 cm³/mol. The van der Waals surface area contributed by atoms with Crippen molar-refractivity contribution in [2.75, 3.05) is 0 Å². The molecule has 0 radical (unpaired) electrons. The van der Waals surface area contributed by atoms with Crippen LogP contribution in [-0.4, -0.2) is 6.04 Å². The zero-order chi connectivity index (χ0) is 15.1. The third kappa shape index (κ3) is 4.71. The molecule has 0 heterocycles. The van der Waals surface area contributed by atoms with E-state index in [0.29, 0.717) is 5.92 Å². The Labute approximate surface area is 129 Å². The van der Waals surface area contributed by atoms with Crippen LogP contribution in [0.15, 0.2) is 54.6 Å². The molecule has 112 valence electrons. The summed E-state index contributed by atoms with van der Waals surface area (Å²) < 4.78 is 0. The van der Waals surface area contributed by atoms with Gasteiger partial charge in [0.25, 0.3) is 0 Å². The van der Waals surface area contributed by atoms with Crippen LogP contribution in [0.4, 0.5) is 0 Å². The van der Waals surface area contributed by atoms with Crippen molar-refractivity contribution >= 4 is 0 Å². The van der Waals surface area contributed by atoms with Gasteiger partial charge in [0.15, 0.2) is 0 Å². The Kier molecular flexibility index (Phi) is 6.01. The summed E-state index contributed by atoms with van der Waals surface area (Å²) in [7, 11) is 0. The van der Waals surface area contributed by atoms with Gasteiger partial charge in [0.1, 0.15) is 0 Å². The summed E-state index contributed by atoms with van der Waals surface area (Å²) in [5, 5.41) is 0. The lowest BCUT2D eigenvalue weighted by Crippen LogP contribution is -2.28. The molecule has 0 saturated heterocycles. The SMILES string of the molecule is CCCCC(Cc1cccc(-c2ccccc2)c1)C(C)N. The van der Waals surface area contributed by atoms with Crippen molar-refractivity contribution in [2.45, 2.75) is 45.6 Å². The third-order valence-corrected chi connectivity index (χ3v) is 4.20. The van der Waals surface area contributed by atoms with Crippen LogP contribution in [0.25, 0.3) is 11.1 Å². The average Bonchev–Trinajstić information content (AvgIpc) is 2.52. The fraction of sp³-hybridized carbons (Fsp3) is 0.400. The van der Waals surface area contributed by atoms with Gasteiger partial charge in [0, 0.05) is 6.04 Å². The van der Waals surface area contributed by atoms with Gasteiger partial charge in [-0.25, -0.2) is 0 Å². The fourth-order valence-electron chi connectivity index (χ4n) is 2.83. The molecule has 0 aliphatic rings. The number of nitrogens with two attached hydrogens (primary N) is 1. The summed E-state index contributed by atoms with van der Waals surface area (Å²) in [5.74, 6) is 0.580. The molecule has 0 amide bonds. The topological polar surface area (TPSA) is 26.0 Å². The van der Waals surface area contributed by atoms with E-state index in [0.717, 1.165) is 6.42 Å². The van der Waals surface area contributed by atoms with Crippen LogP contribution in [0, 0.1) is 5.92 Å². The van der Waals surface area contributed by atoms with Crippen molar-refractivity contribution < 1.29 is 0 Å². The molecular weight excluding hydrogens is 254 g/mol. The lowest BCUT2D eigenvalue weighted by Gasteiger charge is -2.21. The second-order valence-corrected chi connectivity index (χ2v) is 6.03. The first-order chi connectivity index (χ1) is 10.2. The number of unbranched alkanes of at least 4 members (excludes halogenated alkanes) is 1. The van der Waals surface area contributed by atoms with Gasteiger partial charge in [-0.1, -0.05) is 74.4 Å². The van der Waals surface area contributed by atoms with Gasteiger partial charge < -0.3 is 5.73 Å². The van der Waals surface area contributed by atoms with E-state index in [4.69, 9.17) is 5.73 Å². The Morgan fingerprint density at radius 2 is 1.67 bits per heavy atom. The molecule has 2 aromatic carbocycles. The van der Waals surface area contributed by atoms with Crippen molar-refractivity contribution in [3.8, 4) is 11.1 Å². The average molecular weight is 281 g/mol. The van der Waals surface area contributed by atoms with Crippen LogP contribution in [0.3, 0.4) is 0 Å². The molecule has 1 nitrogen and oxygen atoms in total. The summed E-state index contributed by atoms with van der Waals surface area (Å²) in [6, 6.07) is 19.7. The van der Waals surface area contributed by atoms with Crippen molar-refractivity contribution in [2.24, 2.45) is 11.7 Å². The van der Waals surface area contributed by atoms with Gasteiger partial charge in [-0.15, -0.1) is 0 Å². The monoisotopic (exact) mass is 281 g/mol. The van der Waals surface area contributed by atoms with E-state index < -0.39 is 0 Å². The molecule has 0 aromatic heterocycles. The van der Waals surface area contributed by atoms with Crippen LogP contribution in [0.1, 0.15) is 38.7 Å². The van der Waals surface area contributed by atoms with Gasteiger partial charge in [-0.2, -0.15) is 0 Å². The number of rotatable bonds is 7. The minimum Gasteiger partial charge on any atom is -0.328 e. The molecule has 0 fully saturated rings. The van der Waals surface area contributed by atoms with Gasteiger partial charge in [-0.05, 0) is 42.4 Å². The zero-order valence-electron chi connectivity index (χ0n) is 13.3. The molecule has 0 aliphatic carbocycles. The lowest BCUT2D eigenvalue weighted by atomic mass is 9.88. The van der Waals surface area contributed by atoms with E-state index in [1.807, 2.05) is 0 Å². The quantitative estimate of drug-likeness (QED) is 0.755. The van der Waals surface area contributed by atoms with E-state index in [2.05, 4.69) is 68.4 Å². The van der Waals surface area contributed by atoms with Crippen LogP contribution in [0.2, 0.25) is 0 Å². The summed E-state index contributed by atoms with van der Waals surface area (Å²) in [5.41, 5.74) is 10.2. The van der Waals surface area contributed by atoms with Crippen LogP contribution >= 0.6 is 0 Å². The van der Waals surface area contributed by atoms with E-state index >= 15 is 0 Å². The number of hydrogen-bond donors (Lipinski definition) is 1. The molecule has 0 saturated carbocycles. The van der Waals surface area contributed by atoms with Crippen LogP contribution in [-0.2, 0) is 6.42 Å². The van der Waals surface area contributed by atoms with Gasteiger partial charge in [0.2, 0.25) is 0 Å². The zero-order valence-corrected chi connectivity index (χ0v) is 13.3. The highest BCUT2D eigenvalue weighted by atomic mass is 14.6. The maximum atomic E-state index is 6.17. The van der Waals surface area contributed by atoms with Gasteiger partial charge in [-0.3, -0.25) is 0 Å². The van der Waals surface area contributed by atoms with E-state index in [9.17, 15) is 0 Å². The second-order valence-electron chi connectivity index (χ2n) is 6.03. The Balaban J connectivity index is 2.13. The Hall–Kier alpha value is -1.60. The number of benzene rings is 2. The van der Waals surface area contributed by atoms with Crippen molar-refractivity contribution in [3.05, 3.63) is 60.2 Å². The molecule has 2 N–H and O–H groups in total. The lowest BCUT2D eigenvalue weighted by molar-refractivity contribution is 0.398. The van der Waals surface area contributed by atoms with E-state index in [1.165, 1.54) is 36.0 Å². The highest BCUT2D eigenvalue weighted by Gasteiger charge is 2.14. The minimum atomic E-state index is 0.261. The normalized spacial score (nSPS) is 13.9. The van der Waals surface area contributed by atoms with E-state index in [-0.39, 0.29) is 6.04 Å². The van der Waals surface area contributed by atoms with Gasteiger partial charge >= 0.3 is 0 Å². The minimum absolute atomic E-state index is 0.261. The first-order valence-electron chi connectivity index (χ1n) is 8.10. The Bertz CT molecular complexity index is 531. The number of hydrogen-bond acceptors (Lipinski definition) is 1. The predicted octanol–water partition coefficient (Wildman–Crippen LogP) is 5.05. The first kappa shape index (κ1) is 15.8. The molecule has 2 aromatic rings. The smallest absolute Gasteiger partial charge is 0.00419 e. The van der Waals surface area contributed by atoms with Crippen molar-refractivity contribution in [1.82, 2.24) is 0 Å². The van der Waals surface area contributed by atoms with Crippen molar-refractivity contribution in [3.63, 3.8) is 0 Å². The largest absolute Gasteiger partial charge is 0.328 e. The van der Waals surface area contributed by atoms with Gasteiger partial charge in [0.05, 0.1) is 0 Å². The molecule has 2 rings (SSSR count). The summed E-state index contributed by atoms with van der Waals surface area (Å²) in [4.78, 5) is 0. The molecule has 2 atom stereocenters. The van der Waals surface area contributed by atoms with Crippen molar-refractivity contribution in [1.29, 1.82) is 0 Å². The van der Waals surface area contributed by atoms with Crippen LogP contribution < -0.4 is 5.73 Å². The summed E-state index contributed by atoms with van der Waals surface area (Å²) in [6.45, 7) is 4.38. The van der Waals surface area contributed by atoms with E-state index in [1.54, 1.807) is 0 Å². The Morgan fingerprint density at radius 3 is 2.33 bits per heavy atom. The first-order valence-corrected chi connectivity index (χ1v) is 8.10. The maximum absolute atomic E-state index is 6.17. The molecule has 0 spiro atoms. The highest BCUT2D eigenvalue weighted by molar-refractivity contribution is 5.63. The fourth-order valence-corrected chi connectivity index (χ4v) is 2.83. The summed E-state index contributed by atoms with van der Waals surface area (Å²) in [6.07, 6.45) is 4.82. The highest BCUT2D eigenvalue weighted by Crippen LogP contribution is 2.23. The molecule has 21 heavy (non-hydrogen) atoms. The molecule has 2 unspecified atom stereocenters. The molecule has 0 aliphatic heterocycles. The standard InChI is InChI=1S/C20H27N/c1-3-4-10-19(16(2)21)14-17-9-8-13-20(15-17)18-11-6-5-7-12-18/h5-9,11-13,15-16,19H,3-4,10,14,21H2,1-2H3. The molecule has 1 heteroatoms. The Morgan fingerprint density at radius 1 is 0.952 bits per heavy atom. The third-order valence-electron chi connectivity index (χ3n) is 4.20. The summed E-state index contributed by atoms with van der Waals surface area (Å²) >= 11 is 0.